The van der Waals surface area contributed by atoms with Crippen LogP contribution in [0.25, 0.3) is 66.8 Å². The lowest BCUT2D eigenvalue weighted by Crippen LogP contribution is -2.26. The summed E-state index contributed by atoms with van der Waals surface area (Å²) in [5.41, 5.74) is 34.4. The number of benzene rings is 11. The van der Waals surface area contributed by atoms with Crippen LogP contribution in [0.2, 0.25) is 0 Å². The molecule has 0 aliphatic heterocycles. The van der Waals surface area contributed by atoms with Gasteiger partial charge in [-0.25, -0.2) is 0 Å². The minimum Gasteiger partial charge on any atom is -0.310 e. The third-order valence-corrected chi connectivity index (χ3v) is 29.6. The second-order valence-electron chi connectivity index (χ2n) is 38.0. The Morgan fingerprint density at radius 2 is 0.415 bits per heavy atom. The van der Waals surface area contributed by atoms with E-state index in [9.17, 15) is 0 Å². The van der Waals surface area contributed by atoms with Crippen molar-refractivity contribution in [1.82, 2.24) is 0 Å². The Balaban J connectivity index is 0.830. The summed E-state index contributed by atoms with van der Waals surface area (Å²) in [6, 6.07) is 99.2. The molecule has 0 fully saturated rings. The highest BCUT2D eigenvalue weighted by Crippen LogP contribution is 2.61. The van der Waals surface area contributed by atoms with E-state index in [1.807, 2.05) is 0 Å². The predicted octanol–water partition coefficient (Wildman–Crippen LogP) is 38.4. The number of hydrogen-bond acceptors (Lipinski definition) is 2. The van der Waals surface area contributed by atoms with E-state index in [-0.39, 0.29) is 16.2 Å². The van der Waals surface area contributed by atoms with Crippen LogP contribution in [0.1, 0.15) is 376 Å². The maximum Gasteiger partial charge on any atom is 0.0465 e. The molecule has 2 heteroatoms. The average Bonchev–Trinajstić information content (AvgIpc) is 1.56. The number of para-hydroxylation sites is 2. The SMILES string of the molecule is CCCCCCCCC1(CCCCCCCC)c2cc(-c3ccccc3)ccc2-c2ccc(-c3ccc(N(c4ccccc4)c4ccc5c(c4)C(CCCCCCCC)(CCCCCCCC)c4cc(N(c6ccccc6)c6ccc(-c7ccc8c(c7)C(CCCCCCCC)(CCCCCCCC)c7cc(C(C)CC)ccc7-8)cc6)ccc4-5)cc3)cc21. The second kappa shape index (κ2) is 45.3. The summed E-state index contributed by atoms with van der Waals surface area (Å²) in [5.74, 6) is 0.538. The first-order valence-electron chi connectivity index (χ1n) is 50.5. The first-order chi connectivity index (χ1) is 60.6. The van der Waals surface area contributed by atoms with Crippen molar-refractivity contribution in [3.63, 3.8) is 0 Å². The van der Waals surface area contributed by atoms with Gasteiger partial charge in [0.15, 0.2) is 0 Å². The minimum atomic E-state index is -0.192. The van der Waals surface area contributed by atoms with E-state index in [1.54, 1.807) is 22.3 Å². The third-order valence-electron chi connectivity index (χ3n) is 29.6. The van der Waals surface area contributed by atoms with Crippen molar-refractivity contribution >= 4 is 34.1 Å². The van der Waals surface area contributed by atoms with E-state index in [4.69, 9.17) is 0 Å². The van der Waals surface area contributed by atoms with Crippen LogP contribution in [0.3, 0.4) is 0 Å². The molecule has 11 aromatic rings. The van der Waals surface area contributed by atoms with Gasteiger partial charge in [0.25, 0.3) is 0 Å². The molecule has 646 valence electrons. The van der Waals surface area contributed by atoms with Crippen molar-refractivity contribution in [1.29, 1.82) is 0 Å². The molecule has 123 heavy (non-hydrogen) atoms. The predicted molar refractivity (Wildman–Crippen MR) is 537 cm³/mol. The highest BCUT2D eigenvalue weighted by atomic mass is 15.1. The Kier molecular flexibility index (Phi) is 33.2. The minimum absolute atomic E-state index is 0.00831. The summed E-state index contributed by atoms with van der Waals surface area (Å²) in [6.07, 6.45) is 55.1. The highest BCUT2D eigenvalue weighted by molar-refractivity contribution is 5.91. The van der Waals surface area contributed by atoms with Gasteiger partial charge in [-0.2, -0.15) is 0 Å². The summed E-state index contributed by atoms with van der Waals surface area (Å²) in [6.45, 7) is 18.9. The van der Waals surface area contributed by atoms with E-state index >= 15 is 0 Å². The van der Waals surface area contributed by atoms with Gasteiger partial charge >= 0.3 is 0 Å². The fourth-order valence-corrected chi connectivity index (χ4v) is 22.4. The molecule has 1 unspecified atom stereocenters. The van der Waals surface area contributed by atoms with Crippen LogP contribution in [-0.2, 0) is 16.2 Å². The molecular formula is C121H152N2. The lowest BCUT2D eigenvalue weighted by molar-refractivity contribution is 0.397. The Morgan fingerprint density at radius 3 is 0.707 bits per heavy atom. The molecule has 0 amide bonds. The monoisotopic (exact) mass is 1630 g/mol. The molecule has 2 nitrogen and oxygen atoms in total. The molecule has 0 saturated carbocycles. The number of nitrogens with zero attached hydrogens (tertiary/aromatic N) is 2. The number of anilines is 6. The van der Waals surface area contributed by atoms with E-state index in [0.717, 1.165) is 19.3 Å². The molecule has 3 aliphatic carbocycles. The molecule has 0 heterocycles. The first-order valence-corrected chi connectivity index (χ1v) is 50.5. The quantitative estimate of drug-likeness (QED) is 0.0351. The van der Waals surface area contributed by atoms with Crippen molar-refractivity contribution in [2.24, 2.45) is 0 Å². The smallest absolute Gasteiger partial charge is 0.0465 e. The molecule has 0 bridgehead atoms. The molecule has 11 aromatic carbocycles. The molecule has 0 N–H and O–H groups in total. The fraction of sp³-hybridized carbons (Fsp3) is 0.455. The molecule has 3 aliphatic rings. The maximum atomic E-state index is 2.69. The standard InChI is InChI=1S/C121H152N2/c1-9-16-22-28-34-49-81-119(82-50-35-29-23-17-10-2)113-87-97(93(8)15-7)65-75-107(113)108-77-67-99(89-115(108)119)95-61-69-103(70-62-95)122(101-57-45-41-46-58-101)105-73-79-111-112-80-74-106(92-118(112)121(117(111)91-105,85-53-38-32-26-20-13-5)86-54-39-33-27-21-14-6)123(102-59-47-42-48-60-102)104-71-63-96(64-72-104)100-68-78-110-109-76-66-98(94-55-43-40-44-56-94)88-114(109)120(116(110)90-100,83-51-36-30-24-18-11-3)84-52-37-31-25-19-12-4/h40-48,55-80,87-93H,9-39,49-54,81-86H2,1-8H3. The zero-order valence-electron chi connectivity index (χ0n) is 77.5. The van der Waals surface area contributed by atoms with Gasteiger partial charge in [0, 0.05) is 50.4 Å². The van der Waals surface area contributed by atoms with Crippen molar-refractivity contribution in [2.45, 2.75) is 354 Å². The van der Waals surface area contributed by atoms with Gasteiger partial charge in [-0.15, -0.1) is 0 Å². The number of rotatable bonds is 53. The molecule has 0 radical (unpaired) electrons. The van der Waals surface area contributed by atoms with Crippen molar-refractivity contribution in [3.05, 3.63) is 288 Å². The Hall–Kier alpha value is -8.98. The topological polar surface area (TPSA) is 6.48 Å². The van der Waals surface area contributed by atoms with Gasteiger partial charge in [0.1, 0.15) is 0 Å². The molecule has 14 rings (SSSR count). The van der Waals surface area contributed by atoms with Crippen LogP contribution in [0.15, 0.2) is 249 Å². The molecule has 1 atom stereocenters. The van der Waals surface area contributed by atoms with Crippen molar-refractivity contribution in [3.8, 4) is 66.8 Å². The molecular weight excluding hydrogens is 1480 g/mol. The summed E-state index contributed by atoms with van der Waals surface area (Å²) < 4.78 is 0. The van der Waals surface area contributed by atoms with Crippen LogP contribution >= 0.6 is 0 Å². The lowest BCUT2D eigenvalue weighted by Gasteiger charge is -2.35. The summed E-state index contributed by atoms with van der Waals surface area (Å²) >= 11 is 0. The Labute approximate surface area is 747 Å². The molecule has 0 aromatic heterocycles. The first kappa shape index (κ1) is 90.3. The normalized spacial score (nSPS) is 13.8. The van der Waals surface area contributed by atoms with Crippen LogP contribution in [-0.4, -0.2) is 0 Å². The van der Waals surface area contributed by atoms with Gasteiger partial charge in [-0.1, -0.05) is 444 Å². The van der Waals surface area contributed by atoms with Crippen molar-refractivity contribution in [2.75, 3.05) is 9.80 Å². The molecule has 0 saturated heterocycles. The maximum absolute atomic E-state index is 2.69. The third kappa shape index (κ3) is 21.1. The van der Waals surface area contributed by atoms with E-state index in [1.165, 1.54) is 374 Å². The van der Waals surface area contributed by atoms with E-state index < -0.39 is 0 Å². The highest BCUT2D eigenvalue weighted by Gasteiger charge is 2.46. The Morgan fingerprint density at radius 1 is 0.195 bits per heavy atom. The lowest BCUT2D eigenvalue weighted by atomic mass is 9.69. The van der Waals surface area contributed by atoms with Gasteiger partial charge in [0.2, 0.25) is 0 Å². The van der Waals surface area contributed by atoms with Crippen molar-refractivity contribution < 1.29 is 0 Å². The van der Waals surface area contributed by atoms with E-state index in [0.29, 0.717) is 5.92 Å². The molecule has 0 spiro atoms. The van der Waals surface area contributed by atoms with Crippen LogP contribution in [0.5, 0.6) is 0 Å². The fourth-order valence-electron chi connectivity index (χ4n) is 22.4. The zero-order chi connectivity index (χ0) is 85.1. The van der Waals surface area contributed by atoms with Gasteiger partial charge in [-0.3, -0.25) is 0 Å². The number of unbranched alkanes of at least 4 members (excludes halogenated alkanes) is 30. The largest absolute Gasteiger partial charge is 0.310 e. The average molecular weight is 1630 g/mol. The summed E-state index contributed by atoms with van der Waals surface area (Å²) in [7, 11) is 0. The van der Waals surface area contributed by atoms with E-state index in [2.05, 4.69) is 314 Å². The van der Waals surface area contributed by atoms with Gasteiger partial charge in [0.05, 0.1) is 0 Å². The Bertz CT molecular complexity index is 4990. The van der Waals surface area contributed by atoms with Gasteiger partial charge < -0.3 is 9.80 Å². The summed E-state index contributed by atoms with van der Waals surface area (Å²) in [5, 5.41) is 0. The van der Waals surface area contributed by atoms with Crippen LogP contribution in [0.4, 0.5) is 34.1 Å². The van der Waals surface area contributed by atoms with Crippen LogP contribution < -0.4 is 9.80 Å². The van der Waals surface area contributed by atoms with Crippen LogP contribution in [0, 0.1) is 0 Å². The second-order valence-corrected chi connectivity index (χ2v) is 38.0. The zero-order valence-corrected chi connectivity index (χ0v) is 77.5. The number of hydrogen-bond donors (Lipinski definition) is 0. The van der Waals surface area contributed by atoms with Gasteiger partial charge in [-0.05, 0) is 248 Å². The summed E-state index contributed by atoms with van der Waals surface area (Å²) in [4.78, 5) is 5.15. The number of fused-ring (bicyclic) bond motifs is 9.